The molecule has 18 heavy (non-hydrogen) atoms. The number of amides is 1. The van der Waals surface area contributed by atoms with Gasteiger partial charge in [-0.05, 0) is 19.1 Å². The molecule has 0 spiro atoms. The van der Waals surface area contributed by atoms with E-state index in [-0.39, 0.29) is 31.6 Å². The van der Waals surface area contributed by atoms with E-state index in [1.807, 2.05) is 0 Å². The highest BCUT2D eigenvalue weighted by atomic mass is 35.5. The molecule has 1 amide bonds. The third kappa shape index (κ3) is 5.12. The minimum atomic E-state index is -0.248. The standard InChI is InChI=1S/C12H15Cl2NO3/c1-8(7-16)15-12(17)4-5-18-9-2-3-10(13)11(14)6-9/h2-3,6,8,16H,4-5,7H2,1H3,(H,15,17)/t8-/m1/s1. The van der Waals surface area contributed by atoms with Gasteiger partial charge >= 0.3 is 0 Å². The number of nitrogens with one attached hydrogen (secondary N) is 1. The summed E-state index contributed by atoms with van der Waals surface area (Å²) in [7, 11) is 0. The molecule has 1 aromatic rings. The van der Waals surface area contributed by atoms with E-state index in [0.717, 1.165) is 0 Å². The van der Waals surface area contributed by atoms with Crippen LogP contribution in [0.4, 0.5) is 0 Å². The molecule has 1 aromatic carbocycles. The molecule has 6 heteroatoms. The SMILES string of the molecule is C[C@H](CO)NC(=O)CCOc1ccc(Cl)c(Cl)c1. The number of rotatable bonds is 6. The van der Waals surface area contributed by atoms with Crippen LogP contribution in [0.2, 0.25) is 10.0 Å². The molecule has 0 fully saturated rings. The molecule has 4 nitrogen and oxygen atoms in total. The van der Waals surface area contributed by atoms with Gasteiger partial charge < -0.3 is 15.2 Å². The van der Waals surface area contributed by atoms with E-state index >= 15 is 0 Å². The number of hydrogen-bond acceptors (Lipinski definition) is 3. The van der Waals surface area contributed by atoms with E-state index in [2.05, 4.69) is 5.32 Å². The summed E-state index contributed by atoms with van der Waals surface area (Å²) in [5.41, 5.74) is 0. The Kier molecular flexibility index (Phi) is 6.25. The number of carbonyl (C=O) groups is 1. The van der Waals surface area contributed by atoms with Crippen molar-refractivity contribution in [1.29, 1.82) is 0 Å². The van der Waals surface area contributed by atoms with Gasteiger partial charge in [-0.25, -0.2) is 0 Å². The van der Waals surface area contributed by atoms with Gasteiger partial charge in [0.15, 0.2) is 0 Å². The lowest BCUT2D eigenvalue weighted by atomic mass is 10.3. The largest absolute Gasteiger partial charge is 0.493 e. The molecule has 1 atom stereocenters. The van der Waals surface area contributed by atoms with Gasteiger partial charge in [0, 0.05) is 12.1 Å². The van der Waals surface area contributed by atoms with Crippen molar-refractivity contribution in [1.82, 2.24) is 5.32 Å². The Labute approximate surface area is 116 Å². The zero-order valence-corrected chi connectivity index (χ0v) is 11.5. The first-order chi connectivity index (χ1) is 8.52. The topological polar surface area (TPSA) is 58.6 Å². The molecule has 0 heterocycles. The summed E-state index contributed by atoms with van der Waals surface area (Å²) in [5.74, 6) is 0.393. The number of halogens is 2. The molecular weight excluding hydrogens is 277 g/mol. The lowest BCUT2D eigenvalue weighted by molar-refractivity contribution is -0.122. The second kappa shape index (κ2) is 7.46. The van der Waals surface area contributed by atoms with Crippen LogP contribution >= 0.6 is 23.2 Å². The summed E-state index contributed by atoms with van der Waals surface area (Å²) in [6.45, 7) is 1.87. The number of hydrogen-bond donors (Lipinski definition) is 2. The number of aliphatic hydroxyl groups is 1. The molecule has 1 rings (SSSR count). The quantitative estimate of drug-likeness (QED) is 0.845. The lowest BCUT2D eigenvalue weighted by Gasteiger charge is -2.11. The van der Waals surface area contributed by atoms with E-state index in [9.17, 15) is 4.79 Å². The summed E-state index contributed by atoms with van der Waals surface area (Å²) in [6.07, 6.45) is 0.213. The van der Waals surface area contributed by atoms with Gasteiger partial charge in [-0.3, -0.25) is 4.79 Å². The second-order valence-corrected chi connectivity index (χ2v) is 4.64. The second-order valence-electron chi connectivity index (χ2n) is 3.83. The number of carbonyl (C=O) groups excluding carboxylic acids is 1. The predicted molar refractivity (Wildman–Crippen MR) is 71.3 cm³/mol. The van der Waals surface area contributed by atoms with Gasteiger partial charge in [0.05, 0.1) is 29.7 Å². The summed E-state index contributed by atoms with van der Waals surface area (Å²) in [6, 6.07) is 4.66. The highest BCUT2D eigenvalue weighted by molar-refractivity contribution is 6.42. The van der Waals surface area contributed by atoms with Gasteiger partial charge in [-0.1, -0.05) is 23.2 Å². The third-order valence-electron chi connectivity index (χ3n) is 2.17. The first kappa shape index (κ1) is 15.1. The molecular formula is C12H15Cl2NO3. The van der Waals surface area contributed by atoms with Crippen molar-refractivity contribution in [2.24, 2.45) is 0 Å². The fraction of sp³-hybridized carbons (Fsp3) is 0.417. The van der Waals surface area contributed by atoms with Crippen LogP contribution in [-0.4, -0.2) is 30.3 Å². The van der Waals surface area contributed by atoms with E-state index in [0.29, 0.717) is 15.8 Å². The average Bonchev–Trinajstić information content (AvgIpc) is 2.33. The minimum absolute atomic E-state index is 0.0839. The third-order valence-corrected chi connectivity index (χ3v) is 2.91. The van der Waals surface area contributed by atoms with Crippen LogP contribution in [0.25, 0.3) is 0 Å². The maximum absolute atomic E-state index is 11.4. The Morgan fingerprint density at radius 1 is 1.44 bits per heavy atom. The first-order valence-corrected chi connectivity index (χ1v) is 6.26. The Morgan fingerprint density at radius 3 is 2.78 bits per heavy atom. The smallest absolute Gasteiger partial charge is 0.223 e. The molecule has 2 N–H and O–H groups in total. The molecule has 100 valence electrons. The molecule has 0 unspecified atom stereocenters. The molecule has 0 aliphatic heterocycles. The van der Waals surface area contributed by atoms with Crippen molar-refractivity contribution in [2.75, 3.05) is 13.2 Å². The van der Waals surface area contributed by atoms with E-state index in [1.165, 1.54) is 0 Å². The number of aliphatic hydroxyl groups excluding tert-OH is 1. The van der Waals surface area contributed by atoms with Gasteiger partial charge in [-0.2, -0.15) is 0 Å². The highest BCUT2D eigenvalue weighted by Crippen LogP contribution is 2.26. The molecule has 0 aromatic heterocycles. The predicted octanol–water partition coefficient (Wildman–Crippen LogP) is 2.26. The van der Waals surface area contributed by atoms with Gasteiger partial charge in [-0.15, -0.1) is 0 Å². The minimum Gasteiger partial charge on any atom is -0.493 e. The summed E-state index contributed by atoms with van der Waals surface area (Å²) >= 11 is 11.6. The fourth-order valence-corrected chi connectivity index (χ4v) is 1.51. The fourth-order valence-electron chi connectivity index (χ4n) is 1.22. The number of ether oxygens (including phenoxy) is 1. The molecule has 0 saturated carbocycles. The van der Waals surface area contributed by atoms with Crippen molar-refractivity contribution in [2.45, 2.75) is 19.4 Å². The first-order valence-electron chi connectivity index (χ1n) is 5.51. The van der Waals surface area contributed by atoms with Crippen molar-refractivity contribution in [3.05, 3.63) is 28.2 Å². The average molecular weight is 292 g/mol. The highest BCUT2D eigenvalue weighted by Gasteiger charge is 2.06. The molecule has 0 aliphatic carbocycles. The van der Waals surface area contributed by atoms with E-state index in [1.54, 1.807) is 25.1 Å². The Hall–Kier alpha value is -0.970. The maximum atomic E-state index is 11.4. The maximum Gasteiger partial charge on any atom is 0.223 e. The number of benzene rings is 1. The van der Waals surface area contributed by atoms with Gasteiger partial charge in [0.25, 0.3) is 0 Å². The van der Waals surface area contributed by atoms with Crippen molar-refractivity contribution >= 4 is 29.1 Å². The van der Waals surface area contributed by atoms with Crippen LogP contribution in [0.3, 0.4) is 0 Å². The van der Waals surface area contributed by atoms with Crippen molar-refractivity contribution in [3.8, 4) is 5.75 Å². The summed E-state index contributed by atoms with van der Waals surface area (Å²) < 4.78 is 5.36. The van der Waals surface area contributed by atoms with Crippen LogP contribution in [0.15, 0.2) is 18.2 Å². The van der Waals surface area contributed by atoms with Gasteiger partial charge in [0.1, 0.15) is 5.75 Å². The van der Waals surface area contributed by atoms with Crippen LogP contribution in [0, 0.1) is 0 Å². The monoisotopic (exact) mass is 291 g/mol. The molecule has 0 bridgehead atoms. The Bertz CT molecular complexity index is 412. The van der Waals surface area contributed by atoms with E-state index in [4.69, 9.17) is 33.0 Å². The lowest BCUT2D eigenvalue weighted by Crippen LogP contribution is -2.35. The zero-order chi connectivity index (χ0) is 13.5. The van der Waals surface area contributed by atoms with Crippen LogP contribution < -0.4 is 10.1 Å². The summed E-state index contributed by atoms with van der Waals surface area (Å²) in [4.78, 5) is 11.4. The van der Waals surface area contributed by atoms with E-state index < -0.39 is 0 Å². The molecule has 0 aliphatic rings. The Balaban J connectivity index is 2.33. The molecule has 0 radical (unpaired) electrons. The van der Waals surface area contributed by atoms with Crippen LogP contribution in [0.1, 0.15) is 13.3 Å². The van der Waals surface area contributed by atoms with Crippen LogP contribution in [0.5, 0.6) is 5.75 Å². The normalized spacial score (nSPS) is 12.0. The summed E-state index contributed by atoms with van der Waals surface area (Å²) in [5, 5.41) is 12.3. The Morgan fingerprint density at radius 2 is 2.17 bits per heavy atom. The van der Waals surface area contributed by atoms with Crippen molar-refractivity contribution in [3.63, 3.8) is 0 Å². The van der Waals surface area contributed by atoms with Crippen LogP contribution in [-0.2, 0) is 4.79 Å². The van der Waals surface area contributed by atoms with Gasteiger partial charge in [0.2, 0.25) is 5.91 Å². The zero-order valence-electron chi connectivity index (χ0n) is 9.95. The molecule has 0 saturated heterocycles. The van der Waals surface area contributed by atoms with Crippen molar-refractivity contribution < 1.29 is 14.6 Å².